The Labute approximate surface area is 271 Å². The van der Waals surface area contributed by atoms with Crippen molar-refractivity contribution in [2.75, 3.05) is 87.3 Å². The molecule has 3 N–H and O–H groups in total. The Morgan fingerprint density at radius 3 is 1.90 bits per heavy atom. The Bertz CT molecular complexity index is 1340. The number of methoxy groups -OCH3 is 2. The molecule has 274 valence electrons. The molecular weight excluding hydrogens is 682 g/mol. The predicted octanol–water partition coefficient (Wildman–Crippen LogP) is -0.657. The monoisotopic (exact) mass is 720 g/mol. The van der Waals surface area contributed by atoms with E-state index < -0.39 is 80.8 Å². The van der Waals surface area contributed by atoms with E-state index in [9.17, 15) is 38.3 Å². The van der Waals surface area contributed by atoms with Gasteiger partial charge in [-0.2, -0.15) is 0 Å². The number of nitrogens with one attached hydrogen (secondary N) is 1. The normalized spacial score (nSPS) is 26.1. The number of aliphatic hydroxyl groups is 2. The third kappa shape index (κ3) is 9.15. The number of ether oxygens (including phenoxy) is 9. The fourth-order valence-electron chi connectivity index (χ4n) is 4.55. The second-order valence-electron chi connectivity index (χ2n) is 10.0. The number of phosphoric acid groups is 1. The second kappa shape index (κ2) is 17.6. The number of fused-ring (bicyclic) bond motifs is 1. The van der Waals surface area contributed by atoms with Crippen LogP contribution in [0.4, 0.5) is 14.0 Å². The Kier molecular flexibility index (Phi) is 14.4. The quantitative estimate of drug-likeness (QED) is 0.0581. The van der Waals surface area contributed by atoms with Crippen molar-refractivity contribution in [2.24, 2.45) is 0 Å². The molecule has 5 atom stereocenters. The second-order valence-corrected chi connectivity index (χ2v) is 11.7. The van der Waals surface area contributed by atoms with Crippen molar-refractivity contribution in [3.63, 3.8) is 0 Å². The number of hydrogen-bond acceptors (Lipinski definition) is 19. The van der Waals surface area contributed by atoms with Gasteiger partial charge in [-0.3, -0.25) is 18.9 Å². The van der Waals surface area contributed by atoms with Gasteiger partial charge < -0.3 is 52.8 Å². The summed E-state index contributed by atoms with van der Waals surface area (Å²) in [6.45, 7) is -2.31. The zero-order valence-corrected chi connectivity index (χ0v) is 27.1. The summed E-state index contributed by atoms with van der Waals surface area (Å²) in [4.78, 5) is 49.5. The van der Waals surface area contributed by atoms with E-state index in [1.54, 1.807) is 0 Å². The number of aromatic nitrogens is 2. The van der Waals surface area contributed by atoms with Crippen LogP contribution in [-0.2, 0) is 60.8 Å². The van der Waals surface area contributed by atoms with Gasteiger partial charge in [0, 0.05) is 26.5 Å². The fourth-order valence-corrected chi connectivity index (χ4v) is 5.69. The Morgan fingerprint density at radius 2 is 1.44 bits per heavy atom. The van der Waals surface area contributed by atoms with Gasteiger partial charge in [0.2, 0.25) is 13.6 Å². The molecule has 0 amide bonds. The summed E-state index contributed by atoms with van der Waals surface area (Å²) in [6, 6.07) is 0.916. The summed E-state index contributed by atoms with van der Waals surface area (Å²) < 4.78 is 88.2. The molecule has 21 nitrogen and oxygen atoms in total. The minimum absolute atomic E-state index is 0.00552. The SMILES string of the molecule is COCCOCCOC(=O)OCOP(=O)(OCOC(=O)OCCOCCOC)OC1C2(CF)OC(n3ccc(=O)[nH]c3=O)C(C)(O)C12O. The number of nitrogens with zero attached hydrogens (tertiary/aromatic N) is 1. The molecule has 0 bridgehead atoms. The van der Waals surface area contributed by atoms with E-state index in [4.69, 9.17) is 46.7 Å². The first-order valence-electron chi connectivity index (χ1n) is 14.1. The van der Waals surface area contributed by atoms with Gasteiger partial charge in [0.1, 0.15) is 31.6 Å². The standard InChI is InChI=1S/C25H38FN2O19P/c1-23(33)19(28-5-4-17(29)27-20(28)30)46-24(14-26)18(25(23,24)34)47-48(35,44-15-42-21(31)40-12-10-38-8-6-36-2)45-16-43-22(32)41-13-11-39-9-7-37-3/h4-5,18-19,33-34H,6-16H2,1-3H3,(H,27,29,30). The van der Waals surface area contributed by atoms with E-state index in [0.717, 1.165) is 19.2 Å². The zero-order chi connectivity index (χ0) is 35.4. The summed E-state index contributed by atoms with van der Waals surface area (Å²) in [5.74, 6) is 0. The van der Waals surface area contributed by atoms with Crippen LogP contribution in [0.15, 0.2) is 21.9 Å². The number of aromatic amines is 1. The van der Waals surface area contributed by atoms with Gasteiger partial charge >= 0.3 is 25.8 Å². The van der Waals surface area contributed by atoms with Crippen molar-refractivity contribution in [3.05, 3.63) is 33.1 Å². The maximum Gasteiger partial charge on any atom is 0.510 e. The van der Waals surface area contributed by atoms with E-state index in [-0.39, 0.29) is 39.6 Å². The van der Waals surface area contributed by atoms with E-state index in [0.29, 0.717) is 17.8 Å². The molecule has 2 aliphatic rings. The average molecular weight is 721 g/mol. The van der Waals surface area contributed by atoms with Crippen molar-refractivity contribution in [2.45, 2.75) is 36.1 Å². The highest BCUT2D eigenvalue weighted by Gasteiger charge is 2.93. The molecular formula is C25H38FN2O19P. The van der Waals surface area contributed by atoms with E-state index >= 15 is 0 Å². The van der Waals surface area contributed by atoms with Gasteiger partial charge in [-0.25, -0.2) is 32.4 Å². The van der Waals surface area contributed by atoms with Crippen LogP contribution >= 0.6 is 7.82 Å². The molecule has 5 unspecified atom stereocenters. The number of carbonyl (C=O) groups is 2. The van der Waals surface area contributed by atoms with E-state index in [2.05, 4.69) is 9.47 Å². The highest BCUT2D eigenvalue weighted by atomic mass is 31.2. The topological polar surface area (TPSA) is 257 Å². The van der Waals surface area contributed by atoms with Crippen molar-refractivity contribution < 1.29 is 85.0 Å². The molecule has 48 heavy (non-hydrogen) atoms. The minimum Gasteiger partial charge on any atom is -0.432 e. The van der Waals surface area contributed by atoms with Crippen molar-refractivity contribution in [1.29, 1.82) is 0 Å². The Balaban J connectivity index is 1.65. The summed E-state index contributed by atoms with van der Waals surface area (Å²) in [5, 5.41) is 22.7. The molecule has 1 aromatic heterocycles. The van der Waals surface area contributed by atoms with E-state index in [1.807, 2.05) is 4.98 Å². The number of halogens is 1. The number of carbonyl (C=O) groups excluding carboxylic acids is 2. The Morgan fingerprint density at radius 1 is 0.917 bits per heavy atom. The smallest absolute Gasteiger partial charge is 0.432 e. The maximum atomic E-state index is 14.5. The summed E-state index contributed by atoms with van der Waals surface area (Å²) in [6.07, 6.45) is -5.42. The first kappa shape index (κ1) is 39.4. The molecule has 0 aromatic carbocycles. The molecule has 1 saturated heterocycles. The number of phosphoric ester groups is 1. The van der Waals surface area contributed by atoms with Gasteiger partial charge in [-0.05, 0) is 6.92 Å². The highest BCUT2D eigenvalue weighted by Crippen LogP contribution is 2.71. The van der Waals surface area contributed by atoms with Crippen LogP contribution in [-0.4, -0.2) is 142 Å². The molecule has 1 saturated carbocycles. The van der Waals surface area contributed by atoms with Gasteiger partial charge in [-0.15, -0.1) is 0 Å². The third-order valence-corrected chi connectivity index (χ3v) is 8.32. The molecule has 1 aromatic rings. The molecule has 0 spiro atoms. The minimum atomic E-state index is -5.11. The van der Waals surface area contributed by atoms with Crippen LogP contribution in [0, 0.1) is 0 Å². The van der Waals surface area contributed by atoms with Crippen LogP contribution in [0.25, 0.3) is 0 Å². The van der Waals surface area contributed by atoms with Crippen molar-refractivity contribution in [1.82, 2.24) is 9.55 Å². The maximum absolute atomic E-state index is 14.5. The lowest BCUT2D eigenvalue weighted by atomic mass is 9.94. The first-order valence-corrected chi connectivity index (χ1v) is 15.6. The average Bonchev–Trinajstić information content (AvgIpc) is 3.48. The van der Waals surface area contributed by atoms with Crippen LogP contribution < -0.4 is 11.2 Å². The van der Waals surface area contributed by atoms with Gasteiger partial charge in [0.25, 0.3) is 5.56 Å². The summed E-state index contributed by atoms with van der Waals surface area (Å²) in [7, 11) is -2.16. The van der Waals surface area contributed by atoms with Gasteiger partial charge in [0.05, 0.1) is 39.6 Å². The molecule has 1 aliphatic carbocycles. The molecule has 2 fully saturated rings. The highest BCUT2D eigenvalue weighted by molar-refractivity contribution is 7.48. The molecule has 1 aliphatic heterocycles. The molecule has 23 heteroatoms. The van der Waals surface area contributed by atoms with Crippen molar-refractivity contribution in [3.8, 4) is 0 Å². The predicted molar refractivity (Wildman–Crippen MR) is 150 cm³/mol. The lowest BCUT2D eigenvalue weighted by molar-refractivity contribution is -0.168. The number of hydrogen-bond donors (Lipinski definition) is 3. The van der Waals surface area contributed by atoms with Gasteiger partial charge in [0.15, 0.2) is 17.4 Å². The summed E-state index contributed by atoms with van der Waals surface area (Å²) >= 11 is 0. The van der Waals surface area contributed by atoms with Crippen LogP contribution in [0.2, 0.25) is 0 Å². The summed E-state index contributed by atoms with van der Waals surface area (Å²) in [5.41, 5.74) is -9.53. The molecule has 3 rings (SSSR count). The first-order chi connectivity index (χ1) is 22.8. The third-order valence-electron chi connectivity index (χ3n) is 7.01. The lowest BCUT2D eigenvalue weighted by Gasteiger charge is -2.33. The Hall–Kier alpha value is -3.02. The number of H-pyrrole nitrogens is 1. The van der Waals surface area contributed by atoms with E-state index in [1.165, 1.54) is 14.2 Å². The molecule has 2 heterocycles. The van der Waals surface area contributed by atoms with Gasteiger partial charge in [-0.1, -0.05) is 0 Å². The van der Waals surface area contributed by atoms with Crippen LogP contribution in [0.5, 0.6) is 0 Å². The number of alkyl halides is 1. The molecule has 0 radical (unpaired) electrons. The lowest BCUT2D eigenvalue weighted by Crippen LogP contribution is -2.51. The fraction of sp³-hybridized carbons (Fsp3) is 0.760. The number of rotatable bonds is 22. The van der Waals surface area contributed by atoms with Crippen LogP contribution in [0.1, 0.15) is 13.2 Å². The van der Waals surface area contributed by atoms with Crippen LogP contribution in [0.3, 0.4) is 0 Å². The largest absolute Gasteiger partial charge is 0.510 e. The van der Waals surface area contributed by atoms with Crippen molar-refractivity contribution >= 4 is 20.1 Å². The zero-order valence-electron chi connectivity index (χ0n) is 26.2.